The number of nitrogens with zero attached hydrogens (tertiary/aromatic N) is 1. The molecule has 20 heavy (non-hydrogen) atoms. The Labute approximate surface area is 132 Å². The molecule has 0 bridgehead atoms. The van der Waals surface area contributed by atoms with E-state index in [1.807, 2.05) is 13.0 Å². The molecule has 0 aliphatic carbocycles. The summed E-state index contributed by atoms with van der Waals surface area (Å²) in [6.45, 7) is 3.67. The second-order valence-corrected chi connectivity index (χ2v) is 5.33. The quantitative estimate of drug-likeness (QED) is 0.788. The van der Waals surface area contributed by atoms with Gasteiger partial charge in [-0.3, -0.25) is 4.98 Å². The van der Waals surface area contributed by atoms with Crippen LogP contribution in [-0.4, -0.2) is 11.5 Å². The third-order valence-corrected chi connectivity index (χ3v) is 3.57. The molecule has 2 rings (SSSR count). The topological polar surface area (TPSA) is 34.2 Å². The Bertz CT molecular complexity index is 605. The summed E-state index contributed by atoms with van der Waals surface area (Å²) in [6, 6.07) is 5.04. The second kappa shape index (κ2) is 7.14. The third-order valence-electron chi connectivity index (χ3n) is 2.55. The smallest absolute Gasteiger partial charge is 0.147 e. The highest BCUT2D eigenvalue weighted by Gasteiger charge is 2.08. The minimum Gasteiger partial charge on any atom is -0.454 e. The van der Waals surface area contributed by atoms with Gasteiger partial charge in [-0.15, -0.1) is 0 Å². The summed E-state index contributed by atoms with van der Waals surface area (Å²) in [6.07, 6.45) is 3.40. The first-order valence-electron chi connectivity index (χ1n) is 6.07. The number of benzene rings is 1. The van der Waals surface area contributed by atoms with Crippen LogP contribution in [0.4, 0.5) is 0 Å². The first-order chi connectivity index (χ1) is 9.60. The summed E-state index contributed by atoms with van der Waals surface area (Å²) in [5, 5.41) is 4.41. The van der Waals surface area contributed by atoms with E-state index in [0.29, 0.717) is 26.6 Å². The highest BCUT2D eigenvalue weighted by molar-refractivity contribution is 6.43. The second-order valence-electron chi connectivity index (χ2n) is 4.11. The van der Waals surface area contributed by atoms with Crippen LogP contribution in [0.2, 0.25) is 15.1 Å². The zero-order valence-electron chi connectivity index (χ0n) is 10.8. The molecule has 0 saturated heterocycles. The van der Waals surface area contributed by atoms with Crippen molar-refractivity contribution in [3.63, 3.8) is 0 Å². The van der Waals surface area contributed by atoms with Gasteiger partial charge in [0.05, 0.1) is 21.3 Å². The van der Waals surface area contributed by atoms with Crippen LogP contribution >= 0.6 is 34.8 Å². The molecule has 0 atom stereocenters. The van der Waals surface area contributed by atoms with Gasteiger partial charge in [0, 0.05) is 18.8 Å². The molecule has 1 N–H and O–H groups in total. The highest BCUT2D eigenvalue weighted by atomic mass is 35.5. The van der Waals surface area contributed by atoms with Crippen LogP contribution in [0.15, 0.2) is 30.6 Å². The normalized spacial score (nSPS) is 10.6. The van der Waals surface area contributed by atoms with Gasteiger partial charge in [-0.25, -0.2) is 0 Å². The number of rotatable bonds is 5. The molecule has 0 aliphatic heterocycles. The molecule has 3 nitrogen and oxygen atoms in total. The standard InChI is InChI=1S/C14H13Cl3N2O/c1-2-18-6-9-3-10(8-19-7-9)20-14-5-12(16)11(15)4-13(14)17/h3-5,7-8,18H,2,6H2,1H3. The maximum absolute atomic E-state index is 6.07. The van der Waals surface area contributed by atoms with Gasteiger partial charge in [-0.05, 0) is 24.2 Å². The Morgan fingerprint density at radius 2 is 1.80 bits per heavy atom. The number of ether oxygens (including phenoxy) is 1. The molecular weight excluding hydrogens is 319 g/mol. The number of aromatic nitrogens is 1. The molecular formula is C14H13Cl3N2O. The molecule has 0 amide bonds. The van der Waals surface area contributed by atoms with Gasteiger partial charge in [-0.2, -0.15) is 0 Å². The van der Waals surface area contributed by atoms with E-state index < -0.39 is 0 Å². The lowest BCUT2D eigenvalue weighted by Gasteiger charge is -2.10. The van der Waals surface area contributed by atoms with Gasteiger partial charge in [0.2, 0.25) is 0 Å². The van der Waals surface area contributed by atoms with Crippen molar-refractivity contribution in [2.45, 2.75) is 13.5 Å². The number of hydrogen-bond acceptors (Lipinski definition) is 3. The summed E-state index contributed by atoms with van der Waals surface area (Å²) in [5.74, 6) is 1.05. The predicted molar refractivity (Wildman–Crippen MR) is 83.2 cm³/mol. The fourth-order valence-corrected chi connectivity index (χ4v) is 2.17. The van der Waals surface area contributed by atoms with E-state index in [9.17, 15) is 0 Å². The van der Waals surface area contributed by atoms with E-state index in [2.05, 4.69) is 10.3 Å². The molecule has 106 valence electrons. The lowest BCUT2D eigenvalue weighted by Crippen LogP contribution is -2.11. The Kier molecular flexibility index (Phi) is 5.49. The van der Waals surface area contributed by atoms with Crippen LogP contribution in [0.25, 0.3) is 0 Å². The number of halogens is 3. The Morgan fingerprint density at radius 3 is 2.55 bits per heavy atom. The van der Waals surface area contributed by atoms with Crippen molar-refractivity contribution >= 4 is 34.8 Å². The van der Waals surface area contributed by atoms with Gasteiger partial charge in [-0.1, -0.05) is 41.7 Å². The minimum atomic E-state index is 0.392. The number of nitrogens with one attached hydrogen (secondary N) is 1. The van der Waals surface area contributed by atoms with E-state index in [1.165, 1.54) is 0 Å². The number of hydrogen-bond donors (Lipinski definition) is 1. The Balaban J connectivity index is 2.19. The van der Waals surface area contributed by atoms with Gasteiger partial charge in [0.25, 0.3) is 0 Å². The third kappa shape index (κ3) is 4.00. The molecule has 0 aliphatic rings. The summed E-state index contributed by atoms with van der Waals surface area (Å²) in [4.78, 5) is 4.14. The van der Waals surface area contributed by atoms with Gasteiger partial charge in [0.1, 0.15) is 11.5 Å². The minimum absolute atomic E-state index is 0.392. The molecule has 0 radical (unpaired) electrons. The van der Waals surface area contributed by atoms with Crippen molar-refractivity contribution in [2.24, 2.45) is 0 Å². The average Bonchev–Trinajstić information content (AvgIpc) is 2.43. The van der Waals surface area contributed by atoms with Crippen molar-refractivity contribution in [3.05, 3.63) is 51.2 Å². The van der Waals surface area contributed by atoms with E-state index in [-0.39, 0.29) is 0 Å². The number of pyridine rings is 1. The van der Waals surface area contributed by atoms with E-state index in [1.54, 1.807) is 24.5 Å². The monoisotopic (exact) mass is 330 g/mol. The zero-order chi connectivity index (χ0) is 14.5. The lowest BCUT2D eigenvalue weighted by atomic mass is 10.2. The van der Waals surface area contributed by atoms with Gasteiger partial charge < -0.3 is 10.1 Å². The summed E-state index contributed by atoms with van der Waals surface area (Å²) < 4.78 is 5.70. The fourth-order valence-electron chi connectivity index (χ4n) is 1.60. The van der Waals surface area contributed by atoms with Crippen LogP contribution in [0.1, 0.15) is 12.5 Å². The maximum atomic E-state index is 6.07. The SMILES string of the molecule is CCNCc1cncc(Oc2cc(Cl)c(Cl)cc2Cl)c1. The molecule has 1 aromatic heterocycles. The predicted octanol–water partition coefficient (Wildman–Crippen LogP) is 4.94. The highest BCUT2D eigenvalue weighted by Crippen LogP contribution is 2.36. The van der Waals surface area contributed by atoms with Crippen molar-refractivity contribution < 1.29 is 4.74 Å². The molecule has 1 heterocycles. The van der Waals surface area contributed by atoms with E-state index >= 15 is 0 Å². The zero-order valence-corrected chi connectivity index (χ0v) is 13.1. The Morgan fingerprint density at radius 1 is 1.05 bits per heavy atom. The van der Waals surface area contributed by atoms with E-state index in [4.69, 9.17) is 39.5 Å². The van der Waals surface area contributed by atoms with Crippen molar-refractivity contribution in [2.75, 3.05) is 6.54 Å². The first-order valence-corrected chi connectivity index (χ1v) is 7.20. The van der Waals surface area contributed by atoms with Crippen LogP contribution < -0.4 is 10.1 Å². The molecule has 2 aromatic rings. The first kappa shape index (κ1) is 15.4. The van der Waals surface area contributed by atoms with Gasteiger partial charge in [0.15, 0.2) is 0 Å². The van der Waals surface area contributed by atoms with Gasteiger partial charge >= 0.3 is 0 Å². The van der Waals surface area contributed by atoms with E-state index in [0.717, 1.165) is 18.7 Å². The largest absolute Gasteiger partial charge is 0.454 e. The molecule has 1 aromatic carbocycles. The Hall–Kier alpha value is -1.000. The van der Waals surface area contributed by atoms with Crippen LogP contribution in [-0.2, 0) is 6.54 Å². The van der Waals surface area contributed by atoms with Crippen LogP contribution in [0, 0.1) is 0 Å². The molecule has 0 fully saturated rings. The fraction of sp³-hybridized carbons (Fsp3) is 0.214. The van der Waals surface area contributed by atoms with Crippen LogP contribution in [0.5, 0.6) is 11.5 Å². The molecule has 6 heteroatoms. The summed E-state index contributed by atoms with van der Waals surface area (Å²) in [7, 11) is 0. The molecule has 0 saturated carbocycles. The van der Waals surface area contributed by atoms with Crippen molar-refractivity contribution in [1.82, 2.24) is 10.3 Å². The maximum Gasteiger partial charge on any atom is 0.147 e. The lowest BCUT2D eigenvalue weighted by molar-refractivity contribution is 0.479. The molecule has 0 spiro atoms. The molecule has 0 unspecified atom stereocenters. The van der Waals surface area contributed by atoms with Crippen LogP contribution in [0.3, 0.4) is 0 Å². The summed E-state index contributed by atoms with van der Waals surface area (Å²) in [5.41, 5.74) is 1.03. The average molecular weight is 332 g/mol. The van der Waals surface area contributed by atoms with Crippen molar-refractivity contribution in [3.8, 4) is 11.5 Å². The van der Waals surface area contributed by atoms with Crippen molar-refractivity contribution in [1.29, 1.82) is 0 Å². The summed E-state index contributed by atoms with van der Waals surface area (Å²) >= 11 is 17.9.